The Kier molecular flexibility index (Phi) is 8.67. The summed E-state index contributed by atoms with van der Waals surface area (Å²) < 4.78 is 6.06. The molecule has 1 aliphatic heterocycles. The zero-order valence-electron chi connectivity index (χ0n) is 14.2. The van der Waals surface area contributed by atoms with E-state index in [1.54, 1.807) is 6.26 Å². The molecule has 6 nitrogen and oxygen atoms in total. The Labute approximate surface area is 177 Å². The molecule has 0 aromatic carbocycles. The summed E-state index contributed by atoms with van der Waals surface area (Å²) in [7, 11) is 0. The van der Waals surface area contributed by atoms with E-state index in [-0.39, 0.29) is 24.0 Å². The second-order valence-electron chi connectivity index (χ2n) is 5.63. The molecule has 0 unspecified atom stereocenters. The minimum Gasteiger partial charge on any atom is -0.364 e. The van der Waals surface area contributed by atoms with Gasteiger partial charge in [0, 0.05) is 50.2 Å². The third-order valence-electron chi connectivity index (χ3n) is 3.90. The number of piperazine rings is 1. The summed E-state index contributed by atoms with van der Waals surface area (Å²) in [4.78, 5) is 10.9. The predicted molar refractivity (Wildman–Crippen MR) is 116 cm³/mol. The second-order valence-corrected chi connectivity index (χ2v) is 8.18. The zero-order valence-corrected chi connectivity index (χ0v) is 18.9. The first-order valence-electron chi connectivity index (χ1n) is 8.13. The summed E-state index contributed by atoms with van der Waals surface area (Å²) >= 11 is 5.35. The number of aromatic nitrogens is 1. The van der Waals surface area contributed by atoms with Crippen molar-refractivity contribution in [2.45, 2.75) is 20.0 Å². The summed E-state index contributed by atoms with van der Waals surface area (Å²) in [5.41, 5.74) is 0.854. The minimum atomic E-state index is 0. The molecule has 3 heterocycles. The van der Waals surface area contributed by atoms with Gasteiger partial charge in [-0.3, -0.25) is 4.90 Å². The number of nitrogens with zero attached hydrogens (tertiary/aromatic N) is 4. The number of guanidine groups is 1. The molecule has 138 valence electrons. The van der Waals surface area contributed by atoms with Crippen LogP contribution in [0.25, 0.3) is 0 Å². The second kappa shape index (κ2) is 10.5. The summed E-state index contributed by atoms with van der Waals surface area (Å²) in [6, 6.07) is 6.17. The molecule has 0 atom stereocenters. The lowest BCUT2D eigenvalue weighted by atomic mass is 10.3. The molecule has 0 aliphatic carbocycles. The van der Waals surface area contributed by atoms with Crippen LogP contribution in [0.1, 0.15) is 17.5 Å². The molecule has 0 spiro atoms. The van der Waals surface area contributed by atoms with Gasteiger partial charge in [-0.05, 0) is 35.0 Å². The molecule has 0 radical (unpaired) electrons. The van der Waals surface area contributed by atoms with Crippen molar-refractivity contribution in [2.75, 3.05) is 32.7 Å². The van der Waals surface area contributed by atoms with Gasteiger partial charge in [0.2, 0.25) is 0 Å². The first kappa shape index (κ1) is 20.7. The Balaban J connectivity index is 0.00000225. The van der Waals surface area contributed by atoms with E-state index in [0.29, 0.717) is 6.54 Å². The van der Waals surface area contributed by atoms with Crippen molar-refractivity contribution in [1.82, 2.24) is 20.3 Å². The third-order valence-corrected chi connectivity index (χ3v) is 5.51. The van der Waals surface area contributed by atoms with Crippen LogP contribution in [-0.2, 0) is 13.1 Å². The molecule has 2 aromatic heterocycles. The number of thiophene rings is 1. The molecular weight excluding hydrogens is 517 g/mol. The van der Waals surface area contributed by atoms with Crippen LogP contribution in [0.15, 0.2) is 37.8 Å². The highest BCUT2D eigenvalue weighted by Gasteiger charge is 2.20. The quantitative estimate of drug-likeness (QED) is 0.358. The molecule has 2 aromatic rings. The standard InChI is InChI=1S/C16H22BrN5OS.HI/c1-2-18-16(19-11-13-5-10-23-20-13)22-8-6-21(7-9-22)12-14-3-4-15(17)24-14;/h3-5,10H,2,6-9,11-12H2,1H3,(H,18,19);1H. The van der Waals surface area contributed by atoms with Crippen molar-refractivity contribution in [1.29, 1.82) is 0 Å². The van der Waals surface area contributed by atoms with Gasteiger partial charge < -0.3 is 14.7 Å². The van der Waals surface area contributed by atoms with Crippen molar-refractivity contribution >= 4 is 57.2 Å². The van der Waals surface area contributed by atoms with E-state index < -0.39 is 0 Å². The van der Waals surface area contributed by atoms with Crippen molar-refractivity contribution in [3.8, 4) is 0 Å². The van der Waals surface area contributed by atoms with E-state index in [0.717, 1.165) is 50.9 Å². The summed E-state index contributed by atoms with van der Waals surface area (Å²) in [5.74, 6) is 0.957. The Morgan fingerprint density at radius 2 is 2.12 bits per heavy atom. The highest BCUT2D eigenvalue weighted by molar-refractivity contribution is 14.0. The first-order valence-corrected chi connectivity index (χ1v) is 9.74. The van der Waals surface area contributed by atoms with Crippen LogP contribution in [0.4, 0.5) is 0 Å². The predicted octanol–water partition coefficient (Wildman–Crippen LogP) is 3.40. The van der Waals surface area contributed by atoms with Crippen LogP contribution in [0, 0.1) is 0 Å². The maximum atomic E-state index is 4.86. The van der Waals surface area contributed by atoms with E-state index in [1.807, 2.05) is 17.4 Å². The molecule has 1 N–H and O–H groups in total. The Hall–Kier alpha value is -0.650. The molecule has 1 saturated heterocycles. The average Bonchev–Trinajstić information content (AvgIpc) is 3.24. The molecular formula is C16H23BrIN5OS. The van der Waals surface area contributed by atoms with Crippen LogP contribution < -0.4 is 5.32 Å². The number of hydrogen-bond donors (Lipinski definition) is 1. The van der Waals surface area contributed by atoms with Gasteiger partial charge in [0.1, 0.15) is 12.0 Å². The van der Waals surface area contributed by atoms with Crippen molar-refractivity contribution < 1.29 is 4.52 Å². The van der Waals surface area contributed by atoms with Crippen LogP contribution in [-0.4, -0.2) is 53.6 Å². The van der Waals surface area contributed by atoms with Crippen molar-refractivity contribution in [3.05, 3.63) is 38.8 Å². The zero-order chi connectivity index (χ0) is 16.8. The first-order chi connectivity index (χ1) is 11.7. The Morgan fingerprint density at radius 3 is 2.72 bits per heavy atom. The van der Waals surface area contributed by atoms with E-state index in [1.165, 1.54) is 8.66 Å². The number of rotatable bonds is 5. The number of halogens is 2. The maximum absolute atomic E-state index is 4.86. The number of aliphatic imine (C=N–C) groups is 1. The molecule has 0 amide bonds. The van der Waals surface area contributed by atoms with Crippen molar-refractivity contribution in [2.24, 2.45) is 4.99 Å². The van der Waals surface area contributed by atoms with E-state index in [4.69, 9.17) is 4.52 Å². The minimum absolute atomic E-state index is 0. The maximum Gasteiger partial charge on any atom is 0.194 e. The molecule has 9 heteroatoms. The fraction of sp³-hybridized carbons (Fsp3) is 0.500. The monoisotopic (exact) mass is 539 g/mol. The fourth-order valence-electron chi connectivity index (χ4n) is 2.68. The molecule has 25 heavy (non-hydrogen) atoms. The van der Waals surface area contributed by atoms with E-state index >= 15 is 0 Å². The van der Waals surface area contributed by atoms with Gasteiger partial charge >= 0.3 is 0 Å². The average molecular weight is 540 g/mol. The van der Waals surface area contributed by atoms with Crippen LogP contribution in [0.2, 0.25) is 0 Å². The number of hydrogen-bond acceptors (Lipinski definition) is 5. The van der Waals surface area contributed by atoms with Gasteiger partial charge in [-0.1, -0.05) is 5.16 Å². The van der Waals surface area contributed by atoms with Gasteiger partial charge in [0.25, 0.3) is 0 Å². The summed E-state index contributed by atoms with van der Waals surface area (Å²) in [6.45, 7) is 8.58. The topological polar surface area (TPSA) is 56.9 Å². The van der Waals surface area contributed by atoms with Crippen molar-refractivity contribution in [3.63, 3.8) is 0 Å². The van der Waals surface area contributed by atoms with Crippen LogP contribution >= 0.6 is 51.2 Å². The highest BCUT2D eigenvalue weighted by atomic mass is 127. The third kappa shape index (κ3) is 6.22. The molecule has 1 aliphatic rings. The molecule has 0 saturated carbocycles. The van der Waals surface area contributed by atoms with E-state index in [2.05, 4.69) is 60.3 Å². The molecule has 3 rings (SSSR count). The van der Waals surface area contributed by atoms with Gasteiger partial charge in [0.05, 0.1) is 10.3 Å². The number of nitrogens with one attached hydrogen (secondary N) is 1. The molecule has 0 bridgehead atoms. The summed E-state index contributed by atoms with van der Waals surface area (Å²) in [6.07, 6.45) is 1.58. The normalized spacial score (nSPS) is 15.9. The SMILES string of the molecule is CCNC(=NCc1ccon1)N1CCN(Cc2ccc(Br)s2)CC1.I. The van der Waals surface area contributed by atoms with Gasteiger partial charge in [-0.15, -0.1) is 35.3 Å². The smallest absolute Gasteiger partial charge is 0.194 e. The van der Waals surface area contributed by atoms with Gasteiger partial charge in [-0.25, -0.2) is 4.99 Å². The lowest BCUT2D eigenvalue weighted by molar-refractivity contribution is 0.173. The Bertz CT molecular complexity index is 655. The Morgan fingerprint density at radius 1 is 1.32 bits per heavy atom. The summed E-state index contributed by atoms with van der Waals surface area (Å²) in [5, 5.41) is 7.29. The highest BCUT2D eigenvalue weighted by Crippen LogP contribution is 2.23. The van der Waals surface area contributed by atoms with Crippen LogP contribution in [0.5, 0.6) is 0 Å². The van der Waals surface area contributed by atoms with E-state index in [9.17, 15) is 0 Å². The fourth-order valence-corrected chi connectivity index (χ4v) is 4.20. The van der Waals surface area contributed by atoms with Gasteiger partial charge in [-0.2, -0.15) is 0 Å². The van der Waals surface area contributed by atoms with Crippen LogP contribution in [0.3, 0.4) is 0 Å². The lowest BCUT2D eigenvalue weighted by Crippen LogP contribution is -2.52. The lowest BCUT2D eigenvalue weighted by Gasteiger charge is -2.36. The largest absolute Gasteiger partial charge is 0.364 e. The van der Waals surface area contributed by atoms with Gasteiger partial charge in [0.15, 0.2) is 5.96 Å². The molecule has 1 fully saturated rings.